The van der Waals surface area contributed by atoms with Gasteiger partial charge in [0.15, 0.2) is 5.78 Å². The van der Waals surface area contributed by atoms with Gasteiger partial charge >= 0.3 is 5.97 Å². The molecular formula is C38H27N9O10S. The van der Waals surface area contributed by atoms with Gasteiger partial charge in [-0.25, -0.2) is 4.79 Å². The third-order valence-electron chi connectivity index (χ3n) is 7.82. The van der Waals surface area contributed by atoms with Crippen molar-refractivity contribution in [3.8, 4) is 0 Å². The molecule has 0 unspecified atom stereocenters. The van der Waals surface area contributed by atoms with Gasteiger partial charge in [0.05, 0.1) is 33.4 Å². The number of ketones is 3. The van der Waals surface area contributed by atoms with Crippen molar-refractivity contribution in [2.45, 2.75) is 4.90 Å². The third-order valence-corrected chi connectivity index (χ3v) is 8.67. The molecule has 3 aliphatic rings. The number of carboxylic acid groups (broad SMARTS) is 1. The topological polar surface area (TPSA) is 290 Å². The van der Waals surface area contributed by atoms with E-state index < -0.39 is 50.7 Å². The van der Waals surface area contributed by atoms with Crippen LogP contribution in [0.3, 0.4) is 0 Å². The Labute approximate surface area is 327 Å². The number of hydrogen-bond acceptors (Lipinski definition) is 16. The van der Waals surface area contributed by atoms with E-state index in [4.69, 9.17) is 5.11 Å². The van der Waals surface area contributed by atoms with E-state index in [-0.39, 0.29) is 33.4 Å². The van der Waals surface area contributed by atoms with Crippen LogP contribution in [0.25, 0.3) is 0 Å². The summed E-state index contributed by atoms with van der Waals surface area (Å²) in [5.74, 6) is -4.15. The number of carbonyl (C=O) groups excluding carboxylic acids is 4. The van der Waals surface area contributed by atoms with E-state index in [1.54, 1.807) is 24.3 Å². The molecule has 0 heterocycles. The van der Waals surface area contributed by atoms with Crippen molar-refractivity contribution in [3.63, 3.8) is 0 Å². The average molecular weight is 802 g/mol. The summed E-state index contributed by atoms with van der Waals surface area (Å²) in [5, 5.41) is 42.1. The number of amides is 1. The third kappa shape index (κ3) is 10.1. The highest BCUT2D eigenvalue weighted by atomic mass is 32.2. The predicted octanol–water partition coefficient (Wildman–Crippen LogP) is 4.53. The highest BCUT2D eigenvalue weighted by molar-refractivity contribution is 7.85. The second kappa shape index (κ2) is 17.1. The number of rotatable bonds is 12. The zero-order chi connectivity index (χ0) is 41.4. The van der Waals surface area contributed by atoms with Crippen LogP contribution < -0.4 is 21.6 Å². The number of carbonyl (C=O) groups is 5. The maximum absolute atomic E-state index is 12.8. The van der Waals surface area contributed by atoms with Crippen LogP contribution in [-0.4, -0.2) is 69.5 Å². The van der Waals surface area contributed by atoms with Gasteiger partial charge < -0.3 is 26.4 Å². The number of hydrazone groups is 1. The summed E-state index contributed by atoms with van der Waals surface area (Å²) in [6.07, 6.45) is 9.55. The Hall–Kier alpha value is -8.23. The van der Waals surface area contributed by atoms with Gasteiger partial charge in [0.1, 0.15) is 28.5 Å². The fourth-order valence-corrected chi connectivity index (χ4v) is 5.40. The summed E-state index contributed by atoms with van der Waals surface area (Å²) in [6, 6.07) is 17.8. The molecule has 3 aromatic carbocycles. The Balaban J connectivity index is 1.06. The summed E-state index contributed by atoms with van der Waals surface area (Å²) in [4.78, 5) is 60.3. The van der Waals surface area contributed by atoms with Gasteiger partial charge in [0, 0.05) is 23.4 Å². The number of anilines is 3. The quantitative estimate of drug-likeness (QED) is 0.0331. The van der Waals surface area contributed by atoms with E-state index in [0.29, 0.717) is 28.3 Å². The van der Waals surface area contributed by atoms with E-state index in [0.717, 1.165) is 24.3 Å². The van der Waals surface area contributed by atoms with Crippen LogP contribution in [0, 0.1) is 0 Å². The highest BCUT2D eigenvalue weighted by Crippen LogP contribution is 2.21. The second-order valence-corrected chi connectivity index (χ2v) is 13.4. The Bertz CT molecular complexity index is 2690. The van der Waals surface area contributed by atoms with Crippen molar-refractivity contribution in [1.29, 1.82) is 0 Å². The van der Waals surface area contributed by atoms with Crippen molar-refractivity contribution >= 4 is 79.2 Å². The van der Waals surface area contributed by atoms with E-state index in [9.17, 15) is 42.0 Å². The van der Waals surface area contributed by atoms with Crippen molar-refractivity contribution in [1.82, 2.24) is 5.43 Å². The zero-order valence-corrected chi connectivity index (χ0v) is 30.2. The first-order valence-corrected chi connectivity index (χ1v) is 18.0. The van der Waals surface area contributed by atoms with E-state index in [1.165, 1.54) is 72.8 Å². The van der Waals surface area contributed by atoms with Crippen LogP contribution in [0.2, 0.25) is 0 Å². The number of benzene rings is 3. The number of hydrazine groups is 1. The summed E-state index contributed by atoms with van der Waals surface area (Å²) >= 11 is 0. The Morgan fingerprint density at radius 3 is 2.10 bits per heavy atom. The summed E-state index contributed by atoms with van der Waals surface area (Å²) < 4.78 is 32.1. The molecule has 0 saturated carbocycles. The summed E-state index contributed by atoms with van der Waals surface area (Å²) in [6.45, 7) is 0. The molecule has 1 amide bonds. The van der Waals surface area contributed by atoms with E-state index >= 15 is 0 Å². The Kier molecular flexibility index (Phi) is 11.6. The van der Waals surface area contributed by atoms with Gasteiger partial charge in [-0.05, 0) is 103 Å². The highest BCUT2D eigenvalue weighted by Gasteiger charge is 2.21. The molecule has 3 aliphatic carbocycles. The molecule has 19 nitrogen and oxygen atoms in total. The largest absolute Gasteiger partial charge is 0.505 e. The van der Waals surface area contributed by atoms with Gasteiger partial charge in [-0.2, -0.15) is 18.6 Å². The van der Waals surface area contributed by atoms with Gasteiger partial charge in [0.25, 0.3) is 16.0 Å². The molecule has 290 valence electrons. The van der Waals surface area contributed by atoms with Gasteiger partial charge in [0.2, 0.25) is 11.6 Å². The minimum atomic E-state index is -4.42. The molecule has 0 aromatic heterocycles. The molecule has 58 heavy (non-hydrogen) atoms. The summed E-state index contributed by atoms with van der Waals surface area (Å²) in [7, 11) is -4.42. The number of carboxylic acids is 1. The minimum Gasteiger partial charge on any atom is -0.505 e. The number of aliphatic hydroxyl groups excluding tert-OH is 1. The van der Waals surface area contributed by atoms with Crippen molar-refractivity contribution in [2.24, 2.45) is 25.5 Å². The first-order valence-electron chi connectivity index (χ1n) is 16.5. The maximum Gasteiger partial charge on any atom is 0.339 e. The number of azo groups is 1. The monoisotopic (exact) mass is 801 g/mol. The summed E-state index contributed by atoms with van der Waals surface area (Å²) in [5.41, 5.74) is 9.68. The number of nitrogens with zero attached hydrogens (tertiary/aromatic N) is 5. The van der Waals surface area contributed by atoms with Crippen LogP contribution in [-0.2, 0) is 29.3 Å². The van der Waals surface area contributed by atoms with Gasteiger partial charge in [-0.3, -0.25) is 29.2 Å². The van der Waals surface area contributed by atoms with Crippen LogP contribution >= 0.6 is 0 Å². The number of allylic oxidation sites excluding steroid dienone is 8. The predicted molar refractivity (Wildman–Crippen MR) is 210 cm³/mol. The molecule has 0 fully saturated rings. The standard InChI is InChI=1S/C38H27N9O10S/c48-33-14-12-26(17-29(33)38(53)54)43-40-23-6-4-21(5-7-23)37(52)39-22-8-10-24(11-9-22)41-45-31-19-32(36(51)20-35(31)50)47-46-30-18-27(13-15-34(30)49)44-42-25-2-1-3-28(16-25)58(55,56)57/h1-20,40,42,44,51H,(H,39,52)(H,53,54)(H,55,56,57)/b43-26+,45-41?,46-30+,47-32-. The van der Waals surface area contributed by atoms with Crippen LogP contribution in [0.15, 0.2) is 175 Å². The molecular weight excluding hydrogens is 775 g/mol. The molecule has 0 radical (unpaired) electrons. The number of aliphatic hydroxyl groups is 1. The smallest absolute Gasteiger partial charge is 0.339 e. The Morgan fingerprint density at radius 2 is 1.38 bits per heavy atom. The van der Waals surface area contributed by atoms with Crippen molar-refractivity contribution in [3.05, 3.63) is 150 Å². The minimum absolute atomic E-state index is 0.149. The lowest BCUT2D eigenvalue weighted by molar-refractivity contribution is -0.134. The molecule has 0 saturated heterocycles. The van der Waals surface area contributed by atoms with Crippen molar-refractivity contribution in [2.75, 3.05) is 16.2 Å². The first kappa shape index (κ1) is 39.5. The van der Waals surface area contributed by atoms with Crippen LogP contribution in [0.4, 0.5) is 22.7 Å². The number of hydrogen-bond donors (Lipinski definition) is 7. The first-order chi connectivity index (χ1) is 27.7. The number of nitrogens with one attached hydrogen (secondary N) is 4. The van der Waals surface area contributed by atoms with E-state index in [1.807, 2.05) is 0 Å². The Morgan fingerprint density at radius 1 is 0.672 bits per heavy atom. The lowest BCUT2D eigenvalue weighted by atomic mass is 10.0. The molecule has 0 atom stereocenters. The molecule has 7 N–H and O–H groups in total. The van der Waals surface area contributed by atoms with Crippen molar-refractivity contribution < 1.29 is 47.2 Å². The molecule has 0 bridgehead atoms. The van der Waals surface area contributed by atoms with E-state index in [2.05, 4.69) is 47.1 Å². The SMILES string of the molecule is O=C(O)C1=C/C(=N/Nc2ccc(C(=O)Nc3ccc(N=NC4=C/C(=N/N=C5\C=C(NNc6cccc(S(=O)(=O)O)c6)C=CC5=O)C(O)=CC4=O)cc3)cc2)C=CC1=O. The zero-order valence-electron chi connectivity index (χ0n) is 29.4. The average Bonchev–Trinajstić information content (AvgIpc) is 3.20. The van der Waals surface area contributed by atoms with Gasteiger partial charge in [-0.15, -0.1) is 15.3 Å². The molecule has 20 heteroatoms. The fourth-order valence-electron chi connectivity index (χ4n) is 4.87. The van der Waals surface area contributed by atoms with Crippen LogP contribution in [0.5, 0.6) is 0 Å². The van der Waals surface area contributed by atoms with Gasteiger partial charge in [-0.1, -0.05) is 6.07 Å². The molecule has 0 aliphatic heterocycles. The second-order valence-electron chi connectivity index (χ2n) is 11.9. The molecule has 0 spiro atoms. The normalized spacial score (nSPS) is 17.5. The fraction of sp³-hybridized carbons (Fsp3) is 0. The van der Waals surface area contributed by atoms with Crippen LogP contribution in [0.1, 0.15) is 10.4 Å². The lowest BCUT2D eigenvalue weighted by Gasteiger charge is -2.13. The lowest BCUT2D eigenvalue weighted by Crippen LogP contribution is -2.24. The maximum atomic E-state index is 12.8. The molecule has 3 aromatic rings. The number of aliphatic carboxylic acids is 1. The molecule has 6 rings (SSSR count).